The molecule has 1 aliphatic heterocycles. The first-order chi connectivity index (χ1) is 11.3. The molecule has 3 N–H and O–H groups in total. The molecule has 0 aliphatic carbocycles. The number of ether oxygens (including phenoxy) is 1. The first-order valence-electron chi connectivity index (χ1n) is 7.89. The highest BCUT2D eigenvalue weighted by molar-refractivity contribution is 7.13. The number of nitrogens with two attached hydrogens (primary N) is 1. The molecular weight excluding hydrogens is 346 g/mol. The van der Waals surface area contributed by atoms with Gasteiger partial charge in [0.25, 0.3) is 0 Å². The molecule has 1 aromatic heterocycles. The predicted octanol–water partition coefficient (Wildman–Crippen LogP) is 2.40. The smallest absolute Gasteiger partial charge is 0.249 e. The number of amides is 1. The molecule has 7 heteroatoms. The fraction of sp³-hybridized carbons (Fsp3) is 0.412. The molecule has 1 aromatic carbocycles. The normalized spacial score (nSPS) is 19.7. The van der Waals surface area contributed by atoms with Gasteiger partial charge in [-0.2, -0.15) is 0 Å². The van der Waals surface area contributed by atoms with Crippen molar-refractivity contribution in [3.05, 3.63) is 41.4 Å². The van der Waals surface area contributed by atoms with Crippen LogP contribution in [-0.2, 0) is 16.0 Å². The van der Waals surface area contributed by atoms with Crippen molar-refractivity contribution in [2.45, 2.75) is 31.5 Å². The maximum atomic E-state index is 12.0. The summed E-state index contributed by atoms with van der Waals surface area (Å²) in [5, 5.41) is 5.98. The lowest BCUT2D eigenvalue weighted by Crippen LogP contribution is -2.36. The van der Waals surface area contributed by atoms with Crippen LogP contribution in [-0.4, -0.2) is 36.2 Å². The van der Waals surface area contributed by atoms with E-state index in [1.54, 1.807) is 11.3 Å². The highest BCUT2D eigenvalue weighted by Crippen LogP contribution is 2.23. The third kappa shape index (κ3) is 4.77. The number of hydrogen-bond acceptors (Lipinski definition) is 5. The molecule has 2 atom stereocenters. The van der Waals surface area contributed by atoms with E-state index in [0.717, 1.165) is 35.5 Å². The number of thiazole rings is 1. The number of halogens is 1. The molecule has 24 heavy (non-hydrogen) atoms. The van der Waals surface area contributed by atoms with E-state index in [0.29, 0.717) is 13.1 Å². The minimum atomic E-state index is -0.348. The van der Waals surface area contributed by atoms with Gasteiger partial charge in [-0.25, -0.2) is 4.98 Å². The van der Waals surface area contributed by atoms with Gasteiger partial charge in [0.05, 0.1) is 11.8 Å². The van der Waals surface area contributed by atoms with Crippen molar-refractivity contribution in [3.8, 4) is 10.6 Å². The molecule has 3 rings (SSSR count). The monoisotopic (exact) mass is 367 g/mol. The lowest BCUT2D eigenvalue weighted by Gasteiger charge is -2.12. The Balaban J connectivity index is 0.00000208. The zero-order valence-electron chi connectivity index (χ0n) is 13.3. The fourth-order valence-corrected chi connectivity index (χ4v) is 3.50. The summed E-state index contributed by atoms with van der Waals surface area (Å²) in [6.45, 7) is 1.05. The quantitative estimate of drug-likeness (QED) is 0.821. The SMILES string of the molecule is Cl.NC[C@H]1CC[C@@H](C(=O)NCCc2csc(-c3ccccc3)n2)O1. The van der Waals surface area contributed by atoms with E-state index in [2.05, 4.69) is 22.4 Å². The van der Waals surface area contributed by atoms with Crippen LogP contribution in [0.1, 0.15) is 18.5 Å². The molecule has 0 unspecified atom stereocenters. The molecule has 2 heterocycles. The zero-order chi connectivity index (χ0) is 16.1. The van der Waals surface area contributed by atoms with Gasteiger partial charge in [0, 0.05) is 30.5 Å². The second kappa shape index (κ2) is 9.13. The number of rotatable bonds is 6. The summed E-state index contributed by atoms with van der Waals surface area (Å²) >= 11 is 1.63. The third-order valence-electron chi connectivity index (χ3n) is 3.92. The van der Waals surface area contributed by atoms with Crippen molar-refractivity contribution in [1.82, 2.24) is 10.3 Å². The Kier molecular flexibility index (Phi) is 7.17. The van der Waals surface area contributed by atoms with Gasteiger partial charge in [0.15, 0.2) is 0 Å². The van der Waals surface area contributed by atoms with Crippen molar-refractivity contribution >= 4 is 29.7 Å². The van der Waals surface area contributed by atoms with Crippen molar-refractivity contribution in [3.63, 3.8) is 0 Å². The molecule has 2 aromatic rings. The second-order valence-corrected chi connectivity index (χ2v) is 6.47. The standard InChI is InChI=1S/C17H21N3O2S.ClH/c18-10-14-6-7-15(22-14)16(21)19-9-8-13-11-23-17(20-13)12-4-2-1-3-5-12;/h1-5,11,14-15H,6-10,18H2,(H,19,21);1H/t14-,15+;/m1./s1. The molecule has 0 radical (unpaired) electrons. The topological polar surface area (TPSA) is 77.2 Å². The Morgan fingerprint density at radius 3 is 2.83 bits per heavy atom. The lowest BCUT2D eigenvalue weighted by atomic mass is 10.2. The van der Waals surface area contributed by atoms with Crippen LogP contribution < -0.4 is 11.1 Å². The molecule has 0 saturated carbocycles. The molecule has 1 saturated heterocycles. The number of aromatic nitrogens is 1. The van der Waals surface area contributed by atoms with E-state index in [1.807, 2.05) is 23.6 Å². The van der Waals surface area contributed by atoms with E-state index < -0.39 is 0 Å². The maximum Gasteiger partial charge on any atom is 0.249 e. The van der Waals surface area contributed by atoms with Gasteiger partial charge in [-0.15, -0.1) is 23.7 Å². The van der Waals surface area contributed by atoms with Crippen LogP contribution in [0.2, 0.25) is 0 Å². The highest BCUT2D eigenvalue weighted by atomic mass is 35.5. The Labute approximate surface area is 152 Å². The van der Waals surface area contributed by atoms with Gasteiger partial charge in [-0.3, -0.25) is 4.79 Å². The van der Waals surface area contributed by atoms with Gasteiger partial charge < -0.3 is 15.8 Å². The second-order valence-electron chi connectivity index (χ2n) is 5.61. The number of carbonyl (C=O) groups is 1. The number of nitrogens with zero attached hydrogens (tertiary/aromatic N) is 1. The molecular formula is C17H22ClN3O2S. The zero-order valence-corrected chi connectivity index (χ0v) is 14.9. The van der Waals surface area contributed by atoms with E-state index in [4.69, 9.17) is 10.5 Å². The van der Waals surface area contributed by atoms with E-state index in [-0.39, 0.29) is 30.5 Å². The van der Waals surface area contributed by atoms with Gasteiger partial charge in [0.1, 0.15) is 11.1 Å². The van der Waals surface area contributed by atoms with Crippen LogP contribution in [0, 0.1) is 0 Å². The highest BCUT2D eigenvalue weighted by Gasteiger charge is 2.29. The molecule has 1 aliphatic rings. The van der Waals surface area contributed by atoms with Gasteiger partial charge >= 0.3 is 0 Å². The Bertz CT molecular complexity index is 650. The average Bonchev–Trinajstić information content (AvgIpc) is 3.25. The summed E-state index contributed by atoms with van der Waals surface area (Å²) < 4.78 is 5.59. The van der Waals surface area contributed by atoms with E-state index in [9.17, 15) is 4.79 Å². The van der Waals surface area contributed by atoms with Gasteiger partial charge in [-0.05, 0) is 12.8 Å². The van der Waals surface area contributed by atoms with Crippen molar-refractivity contribution in [2.75, 3.05) is 13.1 Å². The van der Waals surface area contributed by atoms with Gasteiger partial charge in [0.2, 0.25) is 5.91 Å². The maximum absolute atomic E-state index is 12.0. The average molecular weight is 368 g/mol. The summed E-state index contributed by atoms with van der Waals surface area (Å²) in [6.07, 6.45) is 2.02. The lowest BCUT2D eigenvalue weighted by molar-refractivity contribution is -0.131. The van der Waals surface area contributed by atoms with E-state index in [1.165, 1.54) is 0 Å². The molecule has 0 spiro atoms. The molecule has 0 bridgehead atoms. The minimum absolute atomic E-state index is 0. The fourth-order valence-electron chi connectivity index (χ4n) is 2.63. The third-order valence-corrected chi connectivity index (χ3v) is 4.86. The first kappa shape index (κ1) is 18.9. The number of benzene rings is 1. The molecule has 1 fully saturated rings. The Morgan fingerprint density at radius 2 is 2.12 bits per heavy atom. The summed E-state index contributed by atoms with van der Waals surface area (Å²) in [7, 11) is 0. The summed E-state index contributed by atoms with van der Waals surface area (Å²) in [4.78, 5) is 16.6. The number of hydrogen-bond donors (Lipinski definition) is 2. The van der Waals surface area contributed by atoms with Crippen LogP contribution in [0.3, 0.4) is 0 Å². The van der Waals surface area contributed by atoms with Crippen molar-refractivity contribution in [1.29, 1.82) is 0 Å². The summed E-state index contributed by atoms with van der Waals surface area (Å²) in [6, 6.07) is 10.1. The number of nitrogens with one attached hydrogen (secondary N) is 1. The number of carbonyl (C=O) groups excluding carboxylic acids is 1. The molecule has 5 nitrogen and oxygen atoms in total. The summed E-state index contributed by atoms with van der Waals surface area (Å²) in [5.41, 5.74) is 7.68. The van der Waals surface area contributed by atoms with E-state index >= 15 is 0 Å². The van der Waals surface area contributed by atoms with Crippen LogP contribution in [0.15, 0.2) is 35.7 Å². The van der Waals surface area contributed by atoms with Crippen LogP contribution in [0.25, 0.3) is 10.6 Å². The molecule has 130 valence electrons. The minimum Gasteiger partial charge on any atom is -0.364 e. The van der Waals surface area contributed by atoms with Crippen LogP contribution in [0.4, 0.5) is 0 Å². The van der Waals surface area contributed by atoms with Crippen molar-refractivity contribution < 1.29 is 9.53 Å². The van der Waals surface area contributed by atoms with Crippen molar-refractivity contribution in [2.24, 2.45) is 5.73 Å². The molecule has 1 amide bonds. The Hall–Kier alpha value is -1.47. The predicted molar refractivity (Wildman–Crippen MR) is 98.5 cm³/mol. The first-order valence-corrected chi connectivity index (χ1v) is 8.77. The Morgan fingerprint density at radius 1 is 1.33 bits per heavy atom. The largest absolute Gasteiger partial charge is 0.364 e. The summed E-state index contributed by atoms with van der Waals surface area (Å²) in [5.74, 6) is -0.0422. The van der Waals surface area contributed by atoms with Crippen LogP contribution in [0.5, 0.6) is 0 Å². The van der Waals surface area contributed by atoms with Crippen LogP contribution >= 0.6 is 23.7 Å². The van der Waals surface area contributed by atoms with Gasteiger partial charge in [-0.1, -0.05) is 30.3 Å².